The fourth-order valence-corrected chi connectivity index (χ4v) is 4.36. The Kier molecular flexibility index (Phi) is 11.2. The molecule has 3 rings (SSSR count). The molecule has 2 heterocycles. The van der Waals surface area contributed by atoms with Crippen molar-refractivity contribution >= 4 is 29.3 Å². The minimum Gasteiger partial charge on any atom is -0.351 e. The first-order valence-electron chi connectivity index (χ1n) is 11.6. The molecule has 1 amide bonds. The van der Waals surface area contributed by atoms with E-state index >= 15 is 0 Å². The maximum Gasteiger partial charge on any atom is 0.207 e. The summed E-state index contributed by atoms with van der Waals surface area (Å²) >= 11 is 1.86. The third-order valence-corrected chi connectivity index (χ3v) is 6.14. The molecule has 31 heavy (non-hydrogen) atoms. The number of carbonyl (C=O) groups excluding carboxylic acids is 1. The normalized spacial score (nSPS) is 20.3. The molecule has 1 saturated carbocycles. The molecule has 1 atom stereocenters. The van der Waals surface area contributed by atoms with Crippen LogP contribution in [0.1, 0.15) is 95.9 Å². The summed E-state index contributed by atoms with van der Waals surface area (Å²) in [5, 5.41) is 2.65. The molecule has 2 aliphatic rings. The third-order valence-electron chi connectivity index (χ3n) is 5.16. The number of amides is 1. The van der Waals surface area contributed by atoms with E-state index in [9.17, 15) is 4.79 Å². The topological polar surface area (TPSA) is 53.8 Å². The molecule has 1 fully saturated rings. The minimum absolute atomic E-state index is 0.00954. The van der Waals surface area contributed by atoms with Crippen molar-refractivity contribution in [2.75, 3.05) is 6.54 Å². The average molecular weight is 444 g/mol. The molecule has 5 heteroatoms. The lowest BCUT2D eigenvalue weighted by Crippen LogP contribution is -2.33. The van der Waals surface area contributed by atoms with Crippen molar-refractivity contribution in [3.8, 4) is 11.8 Å². The van der Waals surface area contributed by atoms with Crippen LogP contribution in [0, 0.1) is 30.1 Å². The smallest absolute Gasteiger partial charge is 0.207 e. The fraction of sp³-hybridized carbons (Fsp3) is 0.654. The van der Waals surface area contributed by atoms with E-state index in [2.05, 4.69) is 67.8 Å². The third kappa shape index (κ3) is 8.99. The van der Waals surface area contributed by atoms with Crippen LogP contribution >= 0.6 is 11.3 Å². The second-order valence-electron chi connectivity index (χ2n) is 9.09. The second kappa shape index (κ2) is 12.8. The van der Waals surface area contributed by atoms with Crippen LogP contribution in [0.4, 0.5) is 0 Å². The molecule has 1 aromatic heterocycles. The van der Waals surface area contributed by atoms with Gasteiger partial charge in [-0.2, -0.15) is 0 Å². The lowest BCUT2D eigenvalue weighted by atomic mass is 9.72. The fourth-order valence-electron chi connectivity index (χ4n) is 3.40. The van der Waals surface area contributed by atoms with Crippen LogP contribution in [-0.4, -0.2) is 30.5 Å². The van der Waals surface area contributed by atoms with Gasteiger partial charge in [0, 0.05) is 16.7 Å². The van der Waals surface area contributed by atoms with Crippen molar-refractivity contribution in [3.05, 3.63) is 21.4 Å². The van der Waals surface area contributed by atoms with Gasteiger partial charge in [0.05, 0.1) is 23.2 Å². The molecule has 1 unspecified atom stereocenters. The van der Waals surface area contributed by atoms with Crippen LogP contribution in [0.25, 0.3) is 0 Å². The number of amidine groups is 1. The van der Waals surface area contributed by atoms with E-state index in [1.165, 1.54) is 22.6 Å². The van der Waals surface area contributed by atoms with Gasteiger partial charge in [-0.15, -0.1) is 11.3 Å². The SMILES string of the molecule is CC.CCC1=NCC(C(C)NC=O)=N1.Cc1sc(C#CC(C)(C)C)cc1C1CC(C)C1. The first-order chi connectivity index (χ1) is 14.6. The van der Waals surface area contributed by atoms with Gasteiger partial charge in [0.25, 0.3) is 0 Å². The Labute approximate surface area is 194 Å². The van der Waals surface area contributed by atoms with Crippen LogP contribution in [0.5, 0.6) is 0 Å². The highest BCUT2D eigenvalue weighted by Gasteiger charge is 2.28. The van der Waals surface area contributed by atoms with Crippen LogP contribution < -0.4 is 5.32 Å². The molecule has 0 spiro atoms. The lowest BCUT2D eigenvalue weighted by Gasteiger charge is -2.32. The van der Waals surface area contributed by atoms with Gasteiger partial charge in [0.15, 0.2) is 0 Å². The summed E-state index contributed by atoms with van der Waals surface area (Å²) in [7, 11) is 0. The number of aliphatic imine (C=N–C) groups is 2. The van der Waals surface area contributed by atoms with Crippen molar-refractivity contribution in [1.29, 1.82) is 0 Å². The highest BCUT2D eigenvalue weighted by molar-refractivity contribution is 7.12. The summed E-state index contributed by atoms with van der Waals surface area (Å²) in [6.45, 7) is 19.6. The molecule has 0 aromatic carbocycles. The van der Waals surface area contributed by atoms with Crippen molar-refractivity contribution in [1.82, 2.24) is 5.32 Å². The van der Waals surface area contributed by atoms with Gasteiger partial charge in [-0.05, 0) is 70.9 Å². The number of nitrogens with zero attached hydrogens (tertiary/aromatic N) is 2. The number of nitrogens with one attached hydrogen (secondary N) is 1. The summed E-state index contributed by atoms with van der Waals surface area (Å²) in [4.78, 5) is 21.3. The zero-order chi connectivity index (χ0) is 23.6. The highest BCUT2D eigenvalue weighted by Crippen LogP contribution is 2.44. The van der Waals surface area contributed by atoms with Crippen molar-refractivity contribution in [2.24, 2.45) is 21.3 Å². The number of aryl methyl sites for hydroxylation is 1. The van der Waals surface area contributed by atoms with Gasteiger partial charge in [0.1, 0.15) is 5.84 Å². The molecule has 0 saturated heterocycles. The predicted molar refractivity (Wildman–Crippen MR) is 137 cm³/mol. The second-order valence-corrected chi connectivity index (χ2v) is 10.3. The van der Waals surface area contributed by atoms with Gasteiger partial charge >= 0.3 is 0 Å². The van der Waals surface area contributed by atoms with Gasteiger partial charge in [-0.25, -0.2) is 4.99 Å². The predicted octanol–water partition coefficient (Wildman–Crippen LogP) is 6.38. The van der Waals surface area contributed by atoms with Crippen molar-refractivity contribution < 1.29 is 4.79 Å². The Morgan fingerprint density at radius 3 is 2.45 bits per heavy atom. The molecular formula is C26H41N3OS. The number of thiophene rings is 1. The van der Waals surface area contributed by atoms with Crippen LogP contribution in [0.15, 0.2) is 16.1 Å². The number of hydrogen-bond acceptors (Lipinski definition) is 4. The molecule has 1 aliphatic carbocycles. The first-order valence-corrected chi connectivity index (χ1v) is 12.4. The molecule has 1 aromatic rings. The summed E-state index contributed by atoms with van der Waals surface area (Å²) < 4.78 is 0. The summed E-state index contributed by atoms with van der Waals surface area (Å²) in [6, 6.07) is 2.34. The Hall–Kier alpha value is -1.93. The zero-order valence-corrected chi connectivity index (χ0v) is 21.7. The zero-order valence-electron chi connectivity index (χ0n) is 20.9. The largest absolute Gasteiger partial charge is 0.351 e. The Morgan fingerprint density at radius 2 is 1.97 bits per heavy atom. The monoisotopic (exact) mass is 443 g/mol. The van der Waals surface area contributed by atoms with Crippen LogP contribution in [0.3, 0.4) is 0 Å². The maximum absolute atomic E-state index is 10.1. The standard InChI is InChI=1S/C16H22S.C8H13N3O.C2H6/c1-11-8-13(9-11)15-10-14(17-12(15)2)6-7-16(3,4)5;1-3-8-9-4-7(11-8)6(2)10-5-12;1-2/h10-11,13H,8-9H2,1-5H3;5-6H,3-4H2,1-2H3,(H,10,12);1-2H3. The van der Waals surface area contributed by atoms with Crippen LogP contribution in [0.2, 0.25) is 0 Å². The van der Waals surface area contributed by atoms with E-state index < -0.39 is 0 Å². The number of carbonyl (C=O) groups is 1. The van der Waals surface area contributed by atoms with E-state index in [4.69, 9.17) is 0 Å². The van der Waals surface area contributed by atoms with Crippen molar-refractivity contribution in [2.45, 2.75) is 93.5 Å². The van der Waals surface area contributed by atoms with E-state index in [1.54, 1.807) is 5.56 Å². The Balaban J connectivity index is 0.000000303. The van der Waals surface area contributed by atoms with E-state index in [1.807, 2.05) is 39.0 Å². The van der Waals surface area contributed by atoms with E-state index in [-0.39, 0.29) is 11.5 Å². The summed E-state index contributed by atoms with van der Waals surface area (Å²) in [6.07, 6.45) is 4.28. The van der Waals surface area contributed by atoms with Gasteiger partial charge < -0.3 is 5.32 Å². The highest BCUT2D eigenvalue weighted by atomic mass is 32.1. The average Bonchev–Trinajstić information content (AvgIpc) is 3.32. The minimum atomic E-state index is 0.00954. The van der Waals surface area contributed by atoms with Crippen LogP contribution in [-0.2, 0) is 4.79 Å². The van der Waals surface area contributed by atoms with Gasteiger partial charge in [-0.3, -0.25) is 9.79 Å². The number of rotatable bonds is 5. The Bertz CT molecular complexity index is 827. The molecule has 1 aliphatic heterocycles. The van der Waals surface area contributed by atoms with Crippen molar-refractivity contribution in [3.63, 3.8) is 0 Å². The van der Waals surface area contributed by atoms with Gasteiger partial charge in [0.2, 0.25) is 6.41 Å². The molecule has 0 bridgehead atoms. The van der Waals surface area contributed by atoms with Gasteiger partial charge in [-0.1, -0.05) is 39.5 Å². The molecule has 0 radical (unpaired) electrons. The first kappa shape index (κ1) is 27.1. The molecular weight excluding hydrogens is 402 g/mol. The maximum atomic E-state index is 10.1. The molecule has 1 N–H and O–H groups in total. The lowest BCUT2D eigenvalue weighted by molar-refractivity contribution is -0.109. The Morgan fingerprint density at radius 1 is 1.32 bits per heavy atom. The quantitative estimate of drug-likeness (QED) is 0.417. The molecule has 172 valence electrons. The summed E-state index contributed by atoms with van der Waals surface area (Å²) in [5.74, 6) is 9.26. The molecule has 4 nitrogen and oxygen atoms in total. The summed E-state index contributed by atoms with van der Waals surface area (Å²) in [5.41, 5.74) is 2.61. The number of hydrogen-bond donors (Lipinski definition) is 1. The van der Waals surface area contributed by atoms with E-state index in [0.29, 0.717) is 13.0 Å². The van der Waals surface area contributed by atoms with E-state index in [0.717, 1.165) is 29.8 Å².